The SMILES string of the molecule is CC[C@H](C)C(=O)O[C@@H]1[C@H](O)[C@]2(C)C(=CCC3[C@@]4(C)CC[C@H](O[C@@H]5O[C@H](C(=O)O)[C@@H](O)[C@H](O[C@@H]6O[C@H](CO)[C@H](O)[C@H](O)[C@H]6O[C@@H]6O[C@@H](C)[C@H](O)[C@@H](O)[C@H]6O)[C@H]5O[C@@H]5O[C@H](CO)[C@@H](O)[C@H](O)[C@H]5O)C(C)(C)C4CC[C@]32C)[C@@H]2CC(C)(C)C[C@H](O)[C@]12CO. The quantitative estimate of drug-likeness (QED) is 0.0482. The molecule has 15 N–H and O–H groups in total. The molecule has 2 unspecified atom stereocenters. The highest BCUT2D eigenvalue weighted by Crippen LogP contribution is 2.76. The second-order valence-corrected chi connectivity index (χ2v) is 28.3. The zero-order valence-corrected chi connectivity index (χ0v) is 50.2. The molecule has 0 bridgehead atoms. The summed E-state index contributed by atoms with van der Waals surface area (Å²) in [5, 5.41) is 168. The van der Waals surface area contributed by atoms with E-state index in [0.717, 1.165) is 5.57 Å². The van der Waals surface area contributed by atoms with Crippen molar-refractivity contribution in [3.8, 4) is 0 Å². The number of carboxylic acid groups (broad SMARTS) is 1. The Morgan fingerprint density at radius 1 is 0.635 bits per heavy atom. The first kappa shape index (κ1) is 67.2. The van der Waals surface area contributed by atoms with Gasteiger partial charge in [-0.25, -0.2) is 4.79 Å². The van der Waals surface area contributed by atoms with E-state index in [4.69, 9.17) is 42.6 Å². The van der Waals surface area contributed by atoms with Gasteiger partial charge >= 0.3 is 11.9 Å². The van der Waals surface area contributed by atoms with Crippen LogP contribution in [0.2, 0.25) is 0 Å². The standard InChI is InChI=1S/C59H96O26/c1-11-23(2)49(76)85-47-46(73)58(10)25(26-18-54(4,5)19-31(63)59(26,47)22-62)12-13-30-56(8)16-15-32(55(6,7)29(56)14-17-57(30,58)9)80-53-45(84-51-40(71)37(68)34(65)27(20-60)78-51)42(41(72)43(82-53)48(74)75)81-52-44(38(69)35(66)28(21-61)79-52)83-50-39(70)36(67)33(64)24(3)77-50/h12,23-24,26-47,50-53,60-73H,11,13-22H2,1-10H3,(H,74,75)/t23-,24-,26-,27+,28+,29?,30?,31-,32-,33-,34+,35-,36+,37-,38-,39+,40+,41-,42-,43-,44+,45+,46-,47+,50-,51-,52-,53+,56-,57+,58-,59+/m0/s1. The Kier molecular flexibility index (Phi) is 19.3. The number of carbonyl (C=O) groups is 2. The summed E-state index contributed by atoms with van der Waals surface area (Å²) in [6.45, 7) is 17.2. The molecule has 9 aliphatic rings. The first-order valence-electron chi connectivity index (χ1n) is 30.4. The van der Waals surface area contributed by atoms with Gasteiger partial charge < -0.3 is 119 Å². The summed E-state index contributed by atoms with van der Waals surface area (Å²) >= 11 is 0. The molecule has 0 spiro atoms. The van der Waals surface area contributed by atoms with E-state index >= 15 is 0 Å². The largest absolute Gasteiger partial charge is 0.479 e. The molecule has 32 atom stereocenters. The molecule has 488 valence electrons. The van der Waals surface area contributed by atoms with Gasteiger partial charge in [0.25, 0.3) is 0 Å². The van der Waals surface area contributed by atoms with Crippen LogP contribution in [0, 0.1) is 56.2 Å². The molecule has 0 aromatic rings. The lowest BCUT2D eigenvalue weighted by molar-refractivity contribution is -0.406. The maximum absolute atomic E-state index is 13.9. The van der Waals surface area contributed by atoms with Crippen LogP contribution in [0.1, 0.15) is 121 Å². The number of carboxylic acids is 1. The number of hydrogen-bond acceptors (Lipinski definition) is 25. The molecule has 5 aliphatic carbocycles. The van der Waals surface area contributed by atoms with Crippen molar-refractivity contribution in [3.05, 3.63) is 11.6 Å². The summed E-state index contributed by atoms with van der Waals surface area (Å²) in [7, 11) is 0. The number of fused-ring (bicyclic) bond motifs is 7. The summed E-state index contributed by atoms with van der Waals surface area (Å²) in [5.41, 5.74) is -3.90. The number of allylic oxidation sites excluding steroid dienone is 1. The zero-order chi connectivity index (χ0) is 62.7. The van der Waals surface area contributed by atoms with Crippen LogP contribution in [0.5, 0.6) is 0 Å². The molecule has 0 amide bonds. The highest BCUT2D eigenvalue weighted by atomic mass is 16.8. The predicted octanol–water partition coefficient (Wildman–Crippen LogP) is -1.93. The Hall–Kier alpha value is -2.20. The lowest BCUT2D eigenvalue weighted by Gasteiger charge is -2.73. The number of carbonyl (C=O) groups excluding carboxylic acids is 1. The second-order valence-electron chi connectivity index (χ2n) is 28.3. The molecule has 0 aromatic carbocycles. The first-order valence-corrected chi connectivity index (χ1v) is 30.4. The van der Waals surface area contributed by atoms with E-state index in [1.807, 2.05) is 27.7 Å². The number of aliphatic hydroxyl groups is 14. The van der Waals surface area contributed by atoms with Crippen LogP contribution < -0.4 is 0 Å². The monoisotopic (exact) mass is 1220 g/mol. The van der Waals surface area contributed by atoms with Crippen molar-refractivity contribution in [2.75, 3.05) is 19.8 Å². The Bertz CT molecular complexity index is 2390. The Morgan fingerprint density at radius 2 is 1.20 bits per heavy atom. The van der Waals surface area contributed by atoms with Crippen LogP contribution >= 0.6 is 0 Å². The van der Waals surface area contributed by atoms with Crippen molar-refractivity contribution < 1.29 is 129 Å². The number of aliphatic carboxylic acids is 1. The van der Waals surface area contributed by atoms with Crippen molar-refractivity contribution >= 4 is 11.9 Å². The predicted molar refractivity (Wildman–Crippen MR) is 289 cm³/mol. The van der Waals surface area contributed by atoms with Gasteiger partial charge in [-0.05, 0) is 97.7 Å². The van der Waals surface area contributed by atoms with Crippen LogP contribution in [0.15, 0.2) is 11.6 Å². The normalized spacial score (nSPS) is 52.5. The average molecular weight is 1220 g/mol. The van der Waals surface area contributed by atoms with Crippen molar-refractivity contribution in [1.29, 1.82) is 0 Å². The van der Waals surface area contributed by atoms with Gasteiger partial charge in [-0.3, -0.25) is 4.79 Å². The fourth-order valence-electron chi connectivity index (χ4n) is 17.4. The van der Waals surface area contributed by atoms with Crippen LogP contribution in [0.4, 0.5) is 0 Å². The maximum atomic E-state index is 13.9. The number of rotatable bonds is 15. The molecule has 4 saturated carbocycles. The summed E-state index contributed by atoms with van der Waals surface area (Å²) in [6.07, 6.45) is -36.7. The van der Waals surface area contributed by atoms with E-state index in [0.29, 0.717) is 44.9 Å². The van der Waals surface area contributed by atoms with Crippen molar-refractivity contribution in [2.24, 2.45) is 56.2 Å². The minimum atomic E-state index is -2.29. The second kappa shape index (κ2) is 24.4. The summed E-state index contributed by atoms with van der Waals surface area (Å²) < 4.78 is 55.5. The van der Waals surface area contributed by atoms with Gasteiger partial charge in [0.05, 0.1) is 49.5 Å². The van der Waals surface area contributed by atoms with Crippen molar-refractivity contribution in [2.45, 2.75) is 268 Å². The molecule has 4 aliphatic heterocycles. The van der Waals surface area contributed by atoms with Crippen LogP contribution in [-0.4, -0.2) is 256 Å². The number of ether oxygens (including phenoxy) is 9. The molecule has 0 aromatic heterocycles. The Balaban J connectivity index is 1.07. The van der Waals surface area contributed by atoms with Gasteiger partial charge in [0.15, 0.2) is 31.3 Å². The van der Waals surface area contributed by atoms with Gasteiger partial charge in [-0.2, -0.15) is 0 Å². The maximum Gasteiger partial charge on any atom is 0.335 e. The third-order valence-electron chi connectivity index (χ3n) is 22.8. The van der Waals surface area contributed by atoms with E-state index in [2.05, 4.69) is 33.8 Å². The molecule has 0 radical (unpaired) electrons. The fourth-order valence-corrected chi connectivity index (χ4v) is 17.4. The minimum absolute atomic E-state index is 0.132. The van der Waals surface area contributed by atoms with E-state index in [-0.39, 0.29) is 23.7 Å². The van der Waals surface area contributed by atoms with E-state index in [1.165, 1.54) is 6.92 Å². The lowest BCUT2D eigenvalue weighted by Crippen LogP contribution is -2.74. The van der Waals surface area contributed by atoms with Gasteiger partial charge in [0.2, 0.25) is 0 Å². The molecule has 4 saturated heterocycles. The van der Waals surface area contributed by atoms with Gasteiger partial charge in [-0.15, -0.1) is 0 Å². The van der Waals surface area contributed by atoms with Crippen LogP contribution in [-0.2, 0) is 52.2 Å². The molecular formula is C59H96O26. The summed E-state index contributed by atoms with van der Waals surface area (Å²) in [5.74, 6) is -3.54. The number of hydrogen-bond donors (Lipinski definition) is 15. The van der Waals surface area contributed by atoms with Crippen molar-refractivity contribution in [3.63, 3.8) is 0 Å². The zero-order valence-electron chi connectivity index (χ0n) is 50.2. The van der Waals surface area contributed by atoms with Crippen LogP contribution in [0.25, 0.3) is 0 Å². The molecule has 4 heterocycles. The van der Waals surface area contributed by atoms with E-state index < -0.39 is 218 Å². The Morgan fingerprint density at radius 3 is 1.80 bits per heavy atom. The third-order valence-corrected chi connectivity index (χ3v) is 22.8. The first-order chi connectivity index (χ1) is 39.7. The van der Waals surface area contributed by atoms with E-state index in [1.54, 1.807) is 6.92 Å². The summed E-state index contributed by atoms with van der Waals surface area (Å²) in [6, 6.07) is 0. The molecule has 85 heavy (non-hydrogen) atoms. The molecule has 26 nitrogen and oxygen atoms in total. The number of aliphatic hydroxyl groups excluding tert-OH is 14. The van der Waals surface area contributed by atoms with Crippen LogP contribution in [0.3, 0.4) is 0 Å². The highest BCUT2D eigenvalue weighted by Gasteiger charge is 2.75. The summed E-state index contributed by atoms with van der Waals surface area (Å²) in [4.78, 5) is 27.1. The fraction of sp³-hybridized carbons (Fsp3) is 0.932. The van der Waals surface area contributed by atoms with Crippen molar-refractivity contribution in [1.82, 2.24) is 0 Å². The molecule has 9 rings (SSSR count). The molecule has 26 heteroatoms. The van der Waals surface area contributed by atoms with E-state index in [9.17, 15) is 86.2 Å². The molecular weight excluding hydrogens is 1120 g/mol. The average Bonchev–Trinajstić information content (AvgIpc) is 0.696. The van der Waals surface area contributed by atoms with Gasteiger partial charge in [0, 0.05) is 5.41 Å². The number of esters is 1. The lowest BCUT2D eigenvalue weighted by atomic mass is 9.32. The van der Waals surface area contributed by atoms with Gasteiger partial charge in [0.1, 0.15) is 97.7 Å². The highest BCUT2D eigenvalue weighted by molar-refractivity contribution is 5.73. The van der Waals surface area contributed by atoms with Gasteiger partial charge in [-0.1, -0.05) is 74.0 Å². The smallest absolute Gasteiger partial charge is 0.335 e. The Labute approximate surface area is 494 Å². The topological polar surface area (TPSA) is 421 Å². The third kappa shape index (κ3) is 10.9. The minimum Gasteiger partial charge on any atom is -0.479 e. The molecule has 8 fully saturated rings.